The summed E-state index contributed by atoms with van der Waals surface area (Å²) < 4.78 is 14.7. The molecular weight excluding hydrogens is 411 g/mol. The molecule has 2 aliphatic heterocycles. The van der Waals surface area contributed by atoms with Gasteiger partial charge in [-0.25, -0.2) is 4.39 Å². The van der Waals surface area contributed by atoms with E-state index >= 15 is 0 Å². The van der Waals surface area contributed by atoms with E-state index in [1.165, 1.54) is 29.2 Å². The van der Waals surface area contributed by atoms with Crippen LogP contribution in [0.5, 0.6) is 0 Å². The van der Waals surface area contributed by atoms with Crippen LogP contribution in [0.25, 0.3) is 22.4 Å². The predicted molar refractivity (Wildman–Crippen MR) is 129 cm³/mol. The second-order valence-corrected chi connectivity index (χ2v) is 9.25. The molecule has 2 fully saturated rings. The van der Waals surface area contributed by atoms with Crippen LogP contribution >= 0.6 is 0 Å². The lowest BCUT2D eigenvalue weighted by atomic mass is 9.92. The molecule has 2 saturated heterocycles. The largest absolute Gasteiger partial charge is 0.301 e. The van der Waals surface area contributed by atoms with Gasteiger partial charge in [-0.3, -0.25) is 10.00 Å². The minimum Gasteiger partial charge on any atom is -0.301 e. The molecule has 0 spiro atoms. The molecule has 3 atom stereocenters. The van der Waals surface area contributed by atoms with Crippen molar-refractivity contribution >= 4 is 0 Å². The number of piperazine rings is 1. The van der Waals surface area contributed by atoms with Crippen molar-refractivity contribution in [2.75, 3.05) is 20.1 Å². The van der Waals surface area contributed by atoms with Crippen molar-refractivity contribution in [1.82, 2.24) is 20.0 Å². The fourth-order valence-electron chi connectivity index (χ4n) is 5.63. The van der Waals surface area contributed by atoms with E-state index in [0.29, 0.717) is 17.6 Å². The van der Waals surface area contributed by atoms with E-state index in [0.717, 1.165) is 24.3 Å². The monoisotopic (exact) mass is 438 g/mol. The van der Waals surface area contributed by atoms with Gasteiger partial charge in [0, 0.05) is 36.3 Å². The number of rotatable bonds is 5. The number of nitrogens with one attached hydrogen (secondary N) is 1. The average Bonchev–Trinajstić information content (AvgIpc) is 3.57. The Bertz CT molecular complexity index is 1250. The molecule has 2 aliphatic rings. The van der Waals surface area contributed by atoms with Crippen molar-refractivity contribution in [3.63, 3.8) is 0 Å². The fourth-order valence-corrected chi connectivity index (χ4v) is 5.63. The smallest absolute Gasteiger partial charge is 0.132 e. The molecular formula is C28H27FN4. The molecule has 3 aromatic carbocycles. The first-order chi connectivity index (χ1) is 16.2. The van der Waals surface area contributed by atoms with Crippen LogP contribution in [-0.2, 0) is 0 Å². The molecule has 6 rings (SSSR count). The zero-order valence-corrected chi connectivity index (χ0v) is 18.7. The highest BCUT2D eigenvalue weighted by Crippen LogP contribution is 2.42. The standard InChI is InChI=1S/C28H27FN4/c1-32-17-23-15-22(32)18-33(23)28(21-13-11-20(12-14-21)19-7-3-2-4-8-19)25-16-30-31-27(25)24-9-5-6-10-26(24)29/h2-14,16,22-23,28H,15,17-18H2,1H3,(H,30,31). The Morgan fingerprint density at radius 2 is 1.61 bits per heavy atom. The number of aromatic amines is 1. The van der Waals surface area contributed by atoms with Crippen molar-refractivity contribution in [3.8, 4) is 22.4 Å². The Labute approximate surface area is 193 Å². The van der Waals surface area contributed by atoms with Gasteiger partial charge >= 0.3 is 0 Å². The van der Waals surface area contributed by atoms with Gasteiger partial charge in [-0.1, -0.05) is 66.7 Å². The summed E-state index contributed by atoms with van der Waals surface area (Å²) in [6.07, 6.45) is 3.06. The summed E-state index contributed by atoms with van der Waals surface area (Å²) >= 11 is 0. The second-order valence-electron chi connectivity index (χ2n) is 9.25. The van der Waals surface area contributed by atoms with Crippen LogP contribution in [0.3, 0.4) is 0 Å². The molecule has 3 heterocycles. The van der Waals surface area contributed by atoms with E-state index in [1.807, 2.05) is 24.4 Å². The van der Waals surface area contributed by atoms with Crippen LogP contribution < -0.4 is 0 Å². The summed E-state index contributed by atoms with van der Waals surface area (Å²) in [5, 5.41) is 7.47. The Balaban J connectivity index is 1.43. The number of nitrogens with zero attached hydrogens (tertiary/aromatic N) is 3. The minimum atomic E-state index is -0.233. The second kappa shape index (κ2) is 8.25. The molecule has 1 aromatic heterocycles. The molecule has 2 bridgehead atoms. The summed E-state index contributed by atoms with van der Waals surface area (Å²) in [6.45, 7) is 2.07. The minimum absolute atomic E-state index is 0.0203. The Morgan fingerprint density at radius 3 is 2.30 bits per heavy atom. The number of hydrogen-bond donors (Lipinski definition) is 1. The van der Waals surface area contributed by atoms with Gasteiger partial charge in [0.15, 0.2) is 0 Å². The lowest BCUT2D eigenvalue weighted by Gasteiger charge is -2.38. The van der Waals surface area contributed by atoms with Gasteiger partial charge in [-0.05, 0) is 42.3 Å². The summed E-state index contributed by atoms with van der Waals surface area (Å²) in [5.41, 5.74) is 5.98. The Morgan fingerprint density at radius 1 is 0.879 bits per heavy atom. The molecule has 5 heteroatoms. The topological polar surface area (TPSA) is 35.2 Å². The van der Waals surface area contributed by atoms with Crippen LogP contribution in [-0.4, -0.2) is 52.2 Å². The zero-order chi connectivity index (χ0) is 22.4. The molecule has 4 nitrogen and oxygen atoms in total. The number of likely N-dealkylation sites (tertiary alicyclic amines) is 2. The van der Waals surface area contributed by atoms with Crippen LogP contribution in [0.1, 0.15) is 23.6 Å². The third-order valence-electron chi connectivity index (χ3n) is 7.33. The van der Waals surface area contributed by atoms with E-state index < -0.39 is 0 Å². The number of aromatic nitrogens is 2. The lowest BCUT2D eigenvalue weighted by Crippen LogP contribution is -2.46. The normalized spacial score (nSPS) is 21.5. The first kappa shape index (κ1) is 20.3. The molecule has 1 N–H and O–H groups in total. The van der Waals surface area contributed by atoms with Gasteiger partial charge in [0.25, 0.3) is 0 Å². The van der Waals surface area contributed by atoms with Gasteiger partial charge in [-0.2, -0.15) is 5.10 Å². The van der Waals surface area contributed by atoms with E-state index in [9.17, 15) is 4.39 Å². The van der Waals surface area contributed by atoms with Gasteiger partial charge in [0.05, 0.1) is 17.9 Å². The number of halogens is 1. The quantitative estimate of drug-likeness (QED) is 0.456. The van der Waals surface area contributed by atoms with Crippen LogP contribution in [0.4, 0.5) is 4.39 Å². The van der Waals surface area contributed by atoms with Gasteiger partial charge in [0.2, 0.25) is 0 Å². The summed E-state index contributed by atoms with van der Waals surface area (Å²) in [6, 6.07) is 27.3. The summed E-state index contributed by atoms with van der Waals surface area (Å²) in [5.74, 6) is -0.233. The lowest BCUT2D eigenvalue weighted by molar-refractivity contribution is 0.122. The summed E-state index contributed by atoms with van der Waals surface area (Å²) in [4.78, 5) is 5.06. The predicted octanol–water partition coefficient (Wildman–Crippen LogP) is 5.36. The third-order valence-corrected chi connectivity index (χ3v) is 7.33. The molecule has 0 radical (unpaired) electrons. The highest BCUT2D eigenvalue weighted by molar-refractivity contribution is 5.66. The molecule has 33 heavy (non-hydrogen) atoms. The van der Waals surface area contributed by atoms with Crippen molar-refractivity contribution in [3.05, 3.63) is 102 Å². The summed E-state index contributed by atoms with van der Waals surface area (Å²) in [7, 11) is 2.22. The molecule has 0 aliphatic carbocycles. The Kier molecular flexibility index (Phi) is 5.08. The van der Waals surface area contributed by atoms with Crippen molar-refractivity contribution < 1.29 is 4.39 Å². The molecule has 3 unspecified atom stereocenters. The van der Waals surface area contributed by atoms with Gasteiger partial charge < -0.3 is 4.90 Å². The maximum atomic E-state index is 14.7. The number of fused-ring (bicyclic) bond motifs is 2. The van der Waals surface area contributed by atoms with Gasteiger partial charge in [-0.15, -0.1) is 0 Å². The highest BCUT2D eigenvalue weighted by Gasteiger charge is 2.45. The average molecular weight is 439 g/mol. The maximum Gasteiger partial charge on any atom is 0.132 e. The van der Waals surface area contributed by atoms with Crippen molar-refractivity contribution in [2.45, 2.75) is 24.5 Å². The Hall–Kier alpha value is -3.28. The van der Waals surface area contributed by atoms with Crippen molar-refractivity contribution in [2.24, 2.45) is 0 Å². The van der Waals surface area contributed by atoms with Crippen LogP contribution in [0, 0.1) is 5.82 Å². The van der Waals surface area contributed by atoms with Crippen LogP contribution in [0.15, 0.2) is 85.1 Å². The highest BCUT2D eigenvalue weighted by atomic mass is 19.1. The number of benzene rings is 3. The van der Waals surface area contributed by atoms with Crippen LogP contribution in [0.2, 0.25) is 0 Å². The SMILES string of the molecule is CN1CC2CC1CN2C(c1ccc(-c2ccccc2)cc1)c1cn[nH]c1-c1ccccc1F. The van der Waals surface area contributed by atoms with E-state index in [1.54, 1.807) is 6.07 Å². The third kappa shape index (κ3) is 3.58. The fraction of sp³-hybridized carbons (Fsp3) is 0.250. The first-order valence-corrected chi connectivity index (χ1v) is 11.6. The maximum absolute atomic E-state index is 14.7. The van der Waals surface area contributed by atoms with E-state index in [4.69, 9.17) is 0 Å². The molecule has 4 aromatic rings. The van der Waals surface area contributed by atoms with Gasteiger partial charge in [0.1, 0.15) is 5.82 Å². The molecule has 0 amide bonds. The molecule has 0 saturated carbocycles. The van der Waals surface area contributed by atoms with Crippen molar-refractivity contribution in [1.29, 1.82) is 0 Å². The number of H-pyrrole nitrogens is 1. The number of likely N-dealkylation sites (N-methyl/N-ethyl adjacent to an activating group) is 1. The van der Waals surface area contributed by atoms with E-state index in [2.05, 4.69) is 75.6 Å². The van der Waals surface area contributed by atoms with E-state index in [-0.39, 0.29) is 11.9 Å². The number of hydrogen-bond acceptors (Lipinski definition) is 3. The first-order valence-electron chi connectivity index (χ1n) is 11.6. The molecule has 166 valence electrons. The zero-order valence-electron chi connectivity index (χ0n) is 18.7.